The smallest absolute Gasteiger partial charge is 0.370 e. The first-order valence-corrected chi connectivity index (χ1v) is 5.30. The summed E-state index contributed by atoms with van der Waals surface area (Å²) in [4.78, 5) is 7.17. The normalized spacial score (nSPS) is 26.6. The van der Waals surface area contributed by atoms with Crippen LogP contribution in [0, 0.1) is 5.92 Å². The number of aliphatic imine (C=N–C) groups is 2. The van der Waals surface area contributed by atoms with Gasteiger partial charge in [0.1, 0.15) is 0 Å². The predicted octanol–water partition coefficient (Wildman–Crippen LogP) is 0.696. The van der Waals surface area contributed by atoms with E-state index < -0.39 is 18.1 Å². The van der Waals surface area contributed by atoms with E-state index in [0.717, 1.165) is 0 Å². The Morgan fingerprint density at radius 2 is 1.65 bits per heavy atom. The quantitative estimate of drug-likeness (QED) is 0.472. The highest BCUT2D eigenvalue weighted by atomic mass is 19.4. The van der Waals surface area contributed by atoms with Crippen LogP contribution in [0.1, 0.15) is 25.7 Å². The minimum absolute atomic E-state index is 0.0762. The van der Waals surface area contributed by atoms with Crippen LogP contribution >= 0.6 is 0 Å². The fourth-order valence-electron chi connectivity index (χ4n) is 1.98. The zero-order valence-corrected chi connectivity index (χ0v) is 9.24. The van der Waals surface area contributed by atoms with Crippen LogP contribution in [0.5, 0.6) is 0 Å². The van der Waals surface area contributed by atoms with E-state index in [1.807, 2.05) is 0 Å². The van der Waals surface area contributed by atoms with Crippen LogP contribution in [-0.2, 0) is 0 Å². The van der Waals surface area contributed by atoms with Crippen molar-refractivity contribution in [3.63, 3.8) is 0 Å². The molecule has 1 rings (SSSR count). The molecule has 0 aromatic rings. The summed E-state index contributed by atoms with van der Waals surface area (Å²) < 4.78 is 38.1. The van der Waals surface area contributed by atoms with Gasteiger partial charge < -0.3 is 17.2 Å². The van der Waals surface area contributed by atoms with Crippen molar-refractivity contribution in [2.24, 2.45) is 33.1 Å². The number of guanidine groups is 2. The molecule has 1 saturated carbocycles. The molecular formula is C9H16F3N5. The average Bonchev–Trinajstić information content (AvgIpc) is 2.15. The van der Waals surface area contributed by atoms with Gasteiger partial charge in [-0.15, -0.1) is 0 Å². The number of halogens is 3. The van der Waals surface area contributed by atoms with Crippen molar-refractivity contribution in [3.8, 4) is 0 Å². The van der Waals surface area contributed by atoms with Crippen molar-refractivity contribution in [2.45, 2.75) is 37.9 Å². The molecule has 0 spiro atoms. The van der Waals surface area contributed by atoms with E-state index in [0.29, 0.717) is 19.3 Å². The first kappa shape index (κ1) is 13.6. The molecule has 6 N–H and O–H groups in total. The maximum Gasteiger partial charge on any atom is 0.393 e. The topological polar surface area (TPSA) is 103 Å². The maximum absolute atomic E-state index is 12.7. The van der Waals surface area contributed by atoms with Crippen molar-refractivity contribution < 1.29 is 13.2 Å². The van der Waals surface area contributed by atoms with Gasteiger partial charge >= 0.3 is 6.18 Å². The summed E-state index contributed by atoms with van der Waals surface area (Å²) >= 11 is 0. The van der Waals surface area contributed by atoms with Crippen LogP contribution < -0.4 is 17.2 Å². The Kier molecular flexibility index (Phi) is 4.19. The molecule has 17 heavy (non-hydrogen) atoms. The van der Waals surface area contributed by atoms with Crippen molar-refractivity contribution in [3.05, 3.63) is 0 Å². The molecule has 1 fully saturated rings. The summed E-state index contributed by atoms with van der Waals surface area (Å²) in [6.07, 6.45) is -2.57. The second-order valence-electron chi connectivity index (χ2n) is 4.02. The lowest BCUT2D eigenvalue weighted by Crippen LogP contribution is -2.37. The molecule has 0 radical (unpaired) electrons. The number of rotatable bonds is 1. The summed E-state index contributed by atoms with van der Waals surface area (Å²) in [5, 5.41) is 0. The highest BCUT2D eigenvalue weighted by Crippen LogP contribution is 2.39. The largest absolute Gasteiger partial charge is 0.393 e. The van der Waals surface area contributed by atoms with Crippen molar-refractivity contribution in [2.75, 3.05) is 0 Å². The Morgan fingerprint density at radius 3 is 2.18 bits per heavy atom. The van der Waals surface area contributed by atoms with Gasteiger partial charge in [-0.2, -0.15) is 18.2 Å². The zero-order valence-electron chi connectivity index (χ0n) is 9.24. The van der Waals surface area contributed by atoms with Gasteiger partial charge in [0.05, 0.1) is 12.0 Å². The minimum atomic E-state index is -4.26. The summed E-state index contributed by atoms with van der Waals surface area (Å²) in [7, 11) is 0. The third-order valence-corrected chi connectivity index (χ3v) is 2.69. The van der Waals surface area contributed by atoms with Crippen molar-refractivity contribution >= 4 is 11.9 Å². The molecule has 0 heterocycles. The van der Waals surface area contributed by atoms with Gasteiger partial charge in [-0.25, -0.2) is 4.99 Å². The van der Waals surface area contributed by atoms with Crippen LogP contribution in [0.15, 0.2) is 9.98 Å². The van der Waals surface area contributed by atoms with Gasteiger partial charge in [0.15, 0.2) is 5.96 Å². The second kappa shape index (κ2) is 5.24. The third kappa shape index (κ3) is 4.12. The number of alkyl halides is 3. The average molecular weight is 251 g/mol. The Bertz CT molecular complexity index is 319. The lowest BCUT2D eigenvalue weighted by Gasteiger charge is -2.30. The molecule has 2 unspecified atom stereocenters. The molecule has 5 nitrogen and oxygen atoms in total. The van der Waals surface area contributed by atoms with Crippen LogP contribution in [0.3, 0.4) is 0 Å². The fraction of sp³-hybridized carbons (Fsp3) is 0.778. The molecule has 8 heteroatoms. The van der Waals surface area contributed by atoms with Gasteiger partial charge in [-0.3, -0.25) is 0 Å². The monoisotopic (exact) mass is 251 g/mol. The lowest BCUT2D eigenvalue weighted by atomic mass is 9.84. The first-order chi connectivity index (χ1) is 7.80. The standard InChI is InChI=1S/C9H16F3N5/c10-9(11,12)5-3-1-2-4-6(5)16-8(15)17-7(13)14/h5-6H,1-4H2,(H6,13,14,15,16,17). The Labute approximate surface area is 97.0 Å². The van der Waals surface area contributed by atoms with E-state index in [1.54, 1.807) is 0 Å². The Balaban J connectivity index is 2.82. The second-order valence-corrected chi connectivity index (χ2v) is 4.02. The van der Waals surface area contributed by atoms with E-state index in [2.05, 4.69) is 9.98 Å². The molecule has 1 aliphatic rings. The molecule has 0 amide bonds. The molecule has 0 aromatic carbocycles. The van der Waals surface area contributed by atoms with Crippen LogP contribution in [0.2, 0.25) is 0 Å². The molecule has 2 atom stereocenters. The maximum atomic E-state index is 12.7. The van der Waals surface area contributed by atoms with E-state index in [9.17, 15) is 13.2 Å². The third-order valence-electron chi connectivity index (χ3n) is 2.69. The molecular weight excluding hydrogens is 235 g/mol. The van der Waals surface area contributed by atoms with Crippen LogP contribution in [0.4, 0.5) is 13.2 Å². The predicted molar refractivity (Wildman–Crippen MR) is 59.2 cm³/mol. The SMILES string of the molecule is NC(N)=NC(N)=NC1CCCCC1C(F)(F)F. The molecule has 0 aromatic heterocycles. The molecule has 1 aliphatic carbocycles. The highest BCUT2D eigenvalue weighted by molar-refractivity contribution is 5.92. The summed E-state index contributed by atoms with van der Waals surface area (Å²) in [6, 6.07) is -0.883. The van der Waals surface area contributed by atoms with Gasteiger partial charge in [0, 0.05) is 0 Å². The molecule has 0 aliphatic heterocycles. The Hall–Kier alpha value is -1.47. The highest BCUT2D eigenvalue weighted by Gasteiger charge is 2.45. The van der Waals surface area contributed by atoms with Crippen LogP contribution in [-0.4, -0.2) is 24.1 Å². The Morgan fingerprint density at radius 1 is 1.06 bits per heavy atom. The van der Waals surface area contributed by atoms with Crippen molar-refractivity contribution in [1.29, 1.82) is 0 Å². The minimum Gasteiger partial charge on any atom is -0.370 e. The van der Waals surface area contributed by atoms with E-state index >= 15 is 0 Å². The van der Waals surface area contributed by atoms with Gasteiger partial charge in [0.25, 0.3) is 0 Å². The van der Waals surface area contributed by atoms with Gasteiger partial charge in [-0.05, 0) is 12.8 Å². The van der Waals surface area contributed by atoms with Crippen LogP contribution in [0.25, 0.3) is 0 Å². The fourth-order valence-corrected chi connectivity index (χ4v) is 1.98. The van der Waals surface area contributed by atoms with Crippen molar-refractivity contribution in [1.82, 2.24) is 0 Å². The van der Waals surface area contributed by atoms with E-state index in [4.69, 9.17) is 17.2 Å². The van der Waals surface area contributed by atoms with Gasteiger partial charge in [-0.1, -0.05) is 12.8 Å². The summed E-state index contributed by atoms with van der Waals surface area (Å²) in [5.41, 5.74) is 15.5. The zero-order chi connectivity index (χ0) is 13.1. The number of hydrogen-bond donors (Lipinski definition) is 3. The lowest BCUT2D eigenvalue weighted by molar-refractivity contribution is -0.185. The molecule has 0 bridgehead atoms. The number of nitrogens with two attached hydrogens (primary N) is 3. The molecule has 0 saturated heterocycles. The van der Waals surface area contributed by atoms with E-state index in [1.165, 1.54) is 0 Å². The summed E-state index contributed by atoms with van der Waals surface area (Å²) in [5.74, 6) is -2.07. The number of hydrogen-bond acceptors (Lipinski definition) is 1. The molecule has 98 valence electrons. The first-order valence-electron chi connectivity index (χ1n) is 5.30. The number of nitrogens with zero attached hydrogens (tertiary/aromatic N) is 2. The summed E-state index contributed by atoms with van der Waals surface area (Å²) in [6.45, 7) is 0. The van der Waals surface area contributed by atoms with Gasteiger partial charge in [0.2, 0.25) is 5.96 Å². The van der Waals surface area contributed by atoms with E-state index in [-0.39, 0.29) is 18.3 Å².